The quantitative estimate of drug-likeness (QED) is 0.642. The molecule has 1 aliphatic carbocycles. The van der Waals surface area contributed by atoms with Gasteiger partial charge in [0.1, 0.15) is 17.3 Å². The first-order chi connectivity index (χ1) is 13.9. The van der Waals surface area contributed by atoms with Crippen molar-refractivity contribution in [2.75, 3.05) is 5.32 Å². The number of amides is 1. The zero-order valence-electron chi connectivity index (χ0n) is 15.6. The molecule has 1 aromatic heterocycles. The lowest BCUT2D eigenvalue weighted by molar-refractivity contribution is -0.123. The van der Waals surface area contributed by atoms with Gasteiger partial charge in [0.2, 0.25) is 0 Å². The molecule has 1 heterocycles. The average Bonchev–Trinajstić information content (AvgIpc) is 3.55. The molecule has 0 unspecified atom stereocenters. The van der Waals surface area contributed by atoms with Crippen molar-refractivity contribution < 1.29 is 23.1 Å². The van der Waals surface area contributed by atoms with Crippen LogP contribution in [-0.4, -0.2) is 23.0 Å². The van der Waals surface area contributed by atoms with Crippen molar-refractivity contribution in [3.63, 3.8) is 0 Å². The van der Waals surface area contributed by atoms with Crippen molar-refractivity contribution in [1.82, 2.24) is 4.98 Å². The Bertz CT molecular complexity index is 1090. The first-order valence-corrected chi connectivity index (χ1v) is 9.29. The molecule has 4 rings (SSSR count). The Kier molecular flexibility index (Phi) is 4.96. The maximum atomic E-state index is 13.7. The molecule has 0 aliphatic heterocycles. The molecule has 148 valence electrons. The van der Waals surface area contributed by atoms with Gasteiger partial charge in [-0.15, -0.1) is 0 Å². The molecule has 29 heavy (non-hydrogen) atoms. The largest absolute Gasteiger partial charge is 0.449 e. The van der Waals surface area contributed by atoms with E-state index in [2.05, 4.69) is 10.3 Å². The van der Waals surface area contributed by atoms with E-state index in [9.17, 15) is 18.4 Å². The zero-order chi connectivity index (χ0) is 20.5. The second kappa shape index (κ2) is 7.58. The Morgan fingerprint density at radius 1 is 1.10 bits per heavy atom. The Labute approximate surface area is 165 Å². The van der Waals surface area contributed by atoms with Crippen LogP contribution in [0.3, 0.4) is 0 Å². The van der Waals surface area contributed by atoms with Crippen LogP contribution in [-0.2, 0) is 9.53 Å². The number of aromatic nitrogens is 1. The van der Waals surface area contributed by atoms with E-state index in [0.717, 1.165) is 30.7 Å². The second-order valence-electron chi connectivity index (χ2n) is 7.02. The number of anilines is 1. The first kappa shape index (κ1) is 19.0. The van der Waals surface area contributed by atoms with Gasteiger partial charge in [0.05, 0.1) is 11.1 Å². The van der Waals surface area contributed by atoms with E-state index < -0.39 is 35.3 Å². The second-order valence-corrected chi connectivity index (χ2v) is 7.02. The molecule has 7 heteroatoms. The van der Waals surface area contributed by atoms with Gasteiger partial charge in [0, 0.05) is 17.0 Å². The molecule has 1 amide bonds. The van der Waals surface area contributed by atoms with Crippen LogP contribution in [0.4, 0.5) is 14.5 Å². The summed E-state index contributed by atoms with van der Waals surface area (Å²) in [5.41, 5.74) is 1.23. The van der Waals surface area contributed by atoms with Gasteiger partial charge in [-0.25, -0.2) is 13.6 Å². The smallest absolute Gasteiger partial charge is 0.339 e. The van der Waals surface area contributed by atoms with E-state index in [1.807, 2.05) is 12.1 Å². The fourth-order valence-electron chi connectivity index (χ4n) is 3.07. The number of nitrogens with one attached hydrogen (secondary N) is 1. The molecule has 0 bridgehead atoms. The van der Waals surface area contributed by atoms with Gasteiger partial charge in [-0.2, -0.15) is 0 Å². The van der Waals surface area contributed by atoms with Crippen molar-refractivity contribution >= 4 is 28.5 Å². The third-order valence-electron chi connectivity index (χ3n) is 4.82. The normalized spacial score (nSPS) is 14.4. The van der Waals surface area contributed by atoms with Crippen LogP contribution in [0.15, 0.2) is 48.5 Å². The zero-order valence-corrected chi connectivity index (χ0v) is 15.6. The van der Waals surface area contributed by atoms with E-state index in [1.54, 1.807) is 18.2 Å². The van der Waals surface area contributed by atoms with Gasteiger partial charge in [0.25, 0.3) is 5.91 Å². The number of pyridine rings is 1. The van der Waals surface area contributed by atoms with Crippen molar-refractivity contribution in [3.8, 4) is 0 Å². The van der Waals surface area contributed by atoms with Gasteiger partial charge in [0.15, 0.2) is 6.10 Å². The number of hydrogen-bond acceptors (Lipinski definition) is 4. The predicted octanol–water partition coefficient (Wildman–Crippen LogP) is 4.57. The van der Waals surface area contributed by atoms with Gasteiger partial charge < -0.3 is 10.1 Å². The number of rotatable bonds is 5. The lowest BCUT2D eigenvalue weighted by Crippen LogP contribution is -2.30. The van der Waals surface area contributed by atoms with Crippen LogP contribution >= 0.6 is 0 Å². The lowest BCUT2D eigenvalue weighted by atomic mass is 10.1. The Balaban J connectivity index is 1.55. The number of para-hydroxylation sites is 2. The van der Waals surface area contributed by atoms with Crippen LogP contribution < -0.4 is 5.32 Å². The van der Waals surface area contributed by atoms with E-state index >= 15 is 0 Å². The number of fused-ring (bicyclic) bond motifs is 1. The summed E-state index contributed by atoms with van der Waals surface area (Å²) >= 11 is 0. The first-order valence-electron chi connectivity index (χ1n) is 9.29. The highest BCUT2D eigenvalue weighted by Gasteiger charge is 2.28. The van der Waals surface area contributed by atoms with Gasteiger partial charge in [-0.1, -0.05) is 24.3 Å². The molecular formula is C22H18F2N2O3. The van der Waals surface area contributed by atoms with Crippen molar-refractivity contribution in [1.29, 1.82) is 0 Å². The summed E-state index contributed by atoms with van der Waals surface area (Å²) in [5.74, 6) is -3.02. The van der Waals surface area contributed by atoms with E-state index in [1.165, 1.54) is 13.0 Å². The monoisotopic (exact) mass is 396 g/mol. The highest BCUT2D eigenvalue weighted by atomic mass is 19.1. The molecular weight excluding hydrogens is 378 g/mol. The summed E-state index contributed by atoms with van der Waals surface area (Å²) in [7, 11) is 0. The molecule has 5 nitrogen and oxygen atoms in total. The minimum absolute atomic E-state index is 0.314. The molecule has 1 atom stereocenters. The van der Waals surface area contributed by atoms with Crippen LogP contribution in [0, 0.1) is 11.6 Å². The Hall–Kier alpha value is -3.35. The fraction of sp³-hybridized carbons (Fsp3) is 0.227. The summed E-state index contributed by atoms with van der Waals surface area (Å²) in [6.45, 7) is 1.34. The summed E-state index contributed by atoms with van der Waals surface area (Å²) in [6, 6.07) is 12.1. The van der Waals surface area contributed by atoms with E-state index in [-0.39, 0.29) is 0 Å². The molecule has 2 aromatic carbocycles. The van der Waals surface area contributed by atoms with Gasteiger partial charge >= 0.3 is 5.97 Å². The maximum absolute atomic E-state index is 13.7. The van der Waals surface area contributed by atoms with Crippen molar-refractivity contribution in [2.24, 2.45) is 0 Å². The van der Waals surface area contributed by atoms with Crippen LogP contribution in [0.1, 0.15) is 41.7 Å². The molecule has 0 radical (unpaired) electrons. The number of hydrogen-bond donors (Lipinski definition) is 1. The summed E-state index contributed by atoms with van der Waals surface area (Å²) in [5, 5.41) is 2.75. The molecule has 0 saturated heterocycles. The lowest BCUT2D eigenvalue weighted by Gasteiger charge is -2.15. The van der Waals surface area contributed by atoms with Crippen molar-refractivity contribution in [2.45, 2.75) is 31.8 Å². The van der Waals surface area contributed by atoms with Crippen LogP contribution in [0.2, 0.25) is 0 Å². The highest BCUT2D eigenvalue weighted by molar-refractivity contribution is 6.05. The Morgan fingerprint density at radius 2 is 1.79 bits per heavy atom. The number of carbonyl (C=O) groups is 2. The molecule has 1 N–H and O–H groups in total. The molecule has 3 aromatic rings. The third kappa shape index (κ3) is 3.94. The Morgan fingerprint density at radius 3 is 2.48 bits per heavy atom. The van der Waals surface area contributed by atoms with Crippen molar-refractivity contribution in [3.05, 3.63) is 71.4 Å². The standard InChI is InChI=1S/C22H18F2N2O3/c1-12(21(27)26-20-16(23)6-4-7-17(20)24)29-22(28)15-11-19(13-9-10-13)25-18-8-3-2-5-14(15)18/h2-8,11-13H,9-10H2,1H3,(H,26,27)/t12-/m1/s1. The van der Waals surface area contributed by atoms with E-state index in [0.29, 0.717) is 22.4 Å². The summed E-state index contributed by atoms with van der Waals surface area (Å²) in [6.07, 6.45) is 0.789. The van der Waals surface area contributed by atoms with Gasteiger partial charge in [-0.05, 0) is 44.0 Å². The highest BCUT2D eigenvalue weighted by Crippen LogP contribution is 2.40. The summed E-state index contributed by atoms with van der Waals surface area (Å²) < 4.78 is 32.8. The molecule has 0 spiro atoms. The number of nitrogens with zero attached hydrogens (tertiary/aromatic N) is 1. The van der Waals surface area contributed by atoms with Crippen LogP contribution in [0.25, 0.3) is 10.9 Å². The predicted molar refractivity (Wildman–Crippen MR) is 104 cm³/mol. The fourth-order valence-corrected chi connectivity index (χ4v) is 3.07. The third-order valence-corrected chi connectivity index (χ3v) is 4.82. The minimum atomic E-state index is -1.25. The van der Waals surface area contributed by atoms with Crippen LogP contribution in [0.5, 0.6) is 0 Å². The SMILES string of the molecule is C[C@@H](OC(=O)c1cc(C2CC2)nc2ccccc12)C(=O)Nc1c(F)cccc1F. The maximum Gasteiger partial charge on any atom is 0.339 e. The molecule has 1 saturated carbocycles. The number of halogens is 2. The number of esters is 1. The summed E-state index contributed by atoms with van der Waals surface area (Å²) in [4.78, 5) is 29.7. The molecule has 1 fully saturated rings. The van der Waals surface area contributed by atoms with Gasteiger partial charge in [-0.3, -0.25) is 9.78 Å². The number of carbonyl (C=O) groups excluding carboxylic acids is 2. The topological polar surface area (TPSA) is 68.3 Å². The number of benzene rings is 2. The molecule has 1 aliphatic rings. The average molecular weight is 396 g/mol. The minimum Gasteiger partial charge on any atom is -0.449 e. The number of ether oxygens (including phenoxy) is 1. The van der Waals surface area contributed by atoms with E-state index in [4.69, 9.17) is 4.74 Å².